The van der Waals surface area contributed by atoms with Crippen LogP contribution in [0.3, 0.4) is 0 Å². The van der Waals surface area contributed by atoms with Crippen LogP contribution in [-0.4, -0.2) is 10.1 Å². The lowest BCUT2D eigenvalue weighted by atomic mass is 10.0. The molecule has 2 aromatic rings. The number of hydrogen-bond donors (Lipinski definition) is 1. The molecule has 0 fully saturated rings. The molecule has 0 atom stereocenters. The van der Waals surface area contributed by atoms with Gasteiger partial charge in [-0.05, 0) is 30.5 Å². The summed E-state index contributed by atoms with van der Waals surface area (Å²) in [6, 6.07) is 9.46. The van der Waals surface area contributed by atoms with Gasteiger partial charge >= 0.3 is 0 Å². The molecule has 2 heteroatoms. The van der Waals surface area contributed by atoms with Crippen LogP contribution < -0.4 is 0 Å². The topological polar surface area (TPSA) is 33.1 Å². The van der Waals surface area contributed by atoms with Crippen molar-refractivity contribution >= 4 is 16.5 Å². The van der Waals surface area contributed by atoms with Crippen molar-refractivity contribution in [3.8, 4) is 5.75 Å². The number of aromatic hydroxyl groups is 1. The van der Waals surface area contributed by atoms with Gasteiger partial charge < -0.3 is 5.11 Å². The zero-order valence-electron chi connectivity index (χ0n) is 9.43. The van der Waals surface area contributed by atoms with Crippen molar-refractivity contribution in [1.82, 2.24) is 4.98 Å². The molecule has 0 aliphatic heterocycles. The van der Waals surface area contributed by atoms with E-state index in [9.17, 15) is 5.11 Å². The summed E-state index contributed by atoms with van der Waals surface area (Å²) in [7, 11) is 0. The fourth-order valence-corrected chi connectivity index (χ4v) is 2.10. The van der Waals surface area contributed by atoms with Crippen molar-refractivity contribution in [3.63, 3.8) is 0 Å². The molecular formula is C15H13NO. The Balaban J connectivity index is 2.16. The summed E-state index contributed by atoms with van der Waals surface area (Å²) in [6.07, 6.45) is 8.60. The molecule has 0 unspecified atom stereocenters. The van der Waals surface area contributed by atoms with Gasteiger partial charge in [0.05, 0.1) is 5.69 Å². The number of fused-ring (bicyclic) bond motifs is 1. The van der Waals surface area contributed by atoms with Crippen LogP contribution in [0.4, 0.5) is 0 Å². The van der Waals surface area contributed by atoms with E-state index < -0.39 is 0 Å². The molecule has 0 bridgehead atoms. The van der Waals surface area contributed by atoms with E-state index in [-0.39, 0.29) is 5.75 Å². The maximum Gasteiger partial charge on any atom is 0.141 e. The molecule has 1 aromatic heterocycles. The number of phenolic OH excluding ortho intramolecular Hbond substituents is 1. The number of allylic oxidation sites excluding steroid dienone is 4. The van der Waals surface area contributed by atoms with Crippen LogP contribution in [0.5, 0.6) is 5.75 Å². The molecule has 2 nitrogen and oxygen atoms in total. The Morgan fingerprint density at radius 3 is 2.82 bits per heavy atom. The van der Waals surface area contributed by atoms with Crippen molar-refractivity contribution in [2.75, 3.05) is 0 Å². The maximum absolute atomic E-state index is 9.79. The molecule has 3 rings (SSSR count). The smallest absolute Gasteiger partial charge is 0.141 e. The first-order valence-corrected chi connectivity index (χ1v) is 5.80. The van der Waals surface area contributed by atoms with Gasteiger partial charge in [0.1, 0.15) is 11.3 Å². The largest absolute Gasteiger partial charge is 0.506 e. The van der Waals surface area contributed by atoms with Gasteiger partial charge in [0.25, 0.3) is 0 Å². The Bertz CT molecular complexity index is 626. The molecule has 0 spiro atoms. The monoisotopic (exact) mass is 223 g/mol. The number of para-hydroxylation sites is 1. The van der Waals surface area contributed by atoms with E-state index in [1.54, 1.807) is 6.07 Å². The van der Waals surface area contributed by atoms with E-state index in [4.69, 9.17) is 0 Å². The number of rotatable bonds is 1. The third kappa shape index (κ3) is 1.82. The molecule has 0 radical (unpaired) electrons. The lowest BCUT2D eigenvalue weighted by Crippen LogP contribution is -1.91. The number of pyridine rings is 1. The Morgan fingerprint density at radius 2 is 2.00 bits per heavy atom. The average molecular weight is 223 g/mol. The van der Waals surface area contributed by atoms with Crippen LogP contribution >= 0.6 is 0 Å². The van der Waals surface area contributed by atoms with E-state index in [0.29, 0.717) is 5.52 Å². The van der Waals surface area contributed by atoms with Crippen LogP contribution in [-0.2, 0) is 0 Å². The van der Waals surface area contributed by atoms with Gasteiger partial charge in [0.2, 0.25) is 0 Å². The molecule has 0 saturated heterocycles. The van der Waals surface area contributed by atoms with Crippen molar-refractivity contribution in [2.45, 2.75) is 12.8 Å². The zero-order valence-corrected chi connectivity index (χ0v) is 9.43. The minimum absolute atomic E-state index is 0.240. The van der Waals surface area contributed by atoms with E-state index in [1.807, 2.05) is 24.3 Å². The minimum Gasteiger partial charge on any atom is -0.506 e. The Kier molecular flexibility index (Phi) is 2.41. The molecule has 1 aliphatic carbocycles. The van der Waals surface area contributed by atoms with E-state index >= 15 is 0 Å². The summed E-state index contributed by atoms with van der Waals surface area (Å²) in [5.74, 6) is 0.240. The normalized spacial score (nSPS) is 14.9. The van der Waals surface area contributed by atoms with Gasteiger partial charge in [-0.1, -0.05) is 36.4 Å². The number of phenols is 1. The molecule has 1 aliphatic rings. The molecule has 17 heavy (non-hydrogen) atoms. The molecule has 1 aromatic carbocycles. The Morgan fingerprint density at radius 1 is 1.06 bits per heavy atom. The molecular weight excluding hydrogens is 210 g/mol. The predicted molar refractivity (Wildman–Crippen MR) is 69.8 cm³/mol. The van der Waals surface area contributed by atoms with E-state index in [2.05, 4.69) is 23.2 Å². The zero-order chi connectivity index (χ0) is 11.7. The molecule has 0 amide bonds. The van der Waals surface area contributed by atoms with Gasteiger partial charge in [-0.25, -0.2) is 4.98 Å². The second-order valence-electron chi connectivity index (χ2n) is 4.18. The first-order chi connectivity index (χ1) is 8.34. The molecule has 0 saturated carbocycles. The highest BCUT2D eigenvalue weighted by atomic mass is 16.3. The highest BCUT2D eigenvalue weighted by Gasteiger charge is 2.06. The molecule has 84 valence electrons. The lowest BCUT2D eigenvalue weighted by molar-refractivity contribution is 0.480. The number of benzene rings is 1. The van der Waals surface area contributed by atoms with Gasteiger partial charge in [0.15, 0.2) is 0 Å². The SMILES string of the molecule is Oc1cccc2ccc(C3=CCCC=C3)nc12. The van der Waals surface area contributed by atoms with Crippen LogP contribution in [0.2, 0.25) is 0 Å². The van der Waals surface area contributed by atoms with E-state index in [1.165, 1.54) is 0 Å². The first-order valence-electron chi connectivity index (χ1n) is 5.80. The summed E-state index contributed by atoms with van der Waals surface area (Å²) < 4.78 is 0. The predicted octanol–water partition coefficient (Wildman–Crippen LogP) is 3.67. The van der Waals surface area contributed by atoms with Crippen molar-refractivity contribution in [3.05, 3.63) is 54.3 Å². The molecule has 1 N–H and O–H groups in total. The van der Waals surface area contributed by atoms with Gasteiger partial charge in [-0.2, -0.15) is 0 Å². The summed E-state index contributed by atoms with van der Waals surface area (Å²) in [6.45, 7) is 0. The minimum atomic E-state index is 0.240. The Hall–Kier alpha value is -2.09. The second-order valence-corrected chi connectivity index (χ2v) is 4.18. The standard InChI is InChI=1S/C15H13NO/c17-14-8-4-7-12-9-10-13(16-15(12)14)11-5-2-1-3-6-11/h2,4-10,17H,1,3H2. The van der Waals surface area contributed by atoms with Crippen LogP contribution in [0, 0.1) is 0 Å². The van der Waals surface area contributed by atoms with Gasteiger partial charge in [-0.15, -0.1) is 0 Å². The average Bonchev–Trinajstić information content (AvgIpc) is 2.40. The number of hydrogen-bond acceptors (Lipinski definition) is 2. The fourth-order valence-electron chi connectivity index (χ4n) is 2.10. The van der Waals surface area contributed by atoms with Crippen molar-refractivity contribution in [2.24, 2.45) is 0 Å². The quantitative estimate of drug-likeness (QED) is 0.800. The fraction of sp³-hybridized carbons (Fsp3) is 0.133. The van der Waals surface area contributed by atoms with Gasteiger partial charge in [-0.3, -0.25) is 0 Å². The maximum atomic E-state index is 9.79. The summed E-state index contributed by atoms with van der Waals surface area (Å²) >= 11 is 0. The summed E-state index contributed by atoms with van der Waals surface area (Å²) in [5, 5.41) is 10.8. The van der Waals surface area contributed by atoms with Crippen molar-refractivity contribution in [1.29, 1.82) is 0 Å². The number of aromatic nitrogens is 1. The second kappa shape index (κ2) is 4.06. The van der Waals surface area contributed by atoms with Crippen LogP contribution in [0.25, 0.3) is 16.5 Å². The highest BCUT2D eigenvalue weighted by molar-refractivity contribution is 5.86. The number of nitrogens with zero attached hydrogens (tertiary/aromatic N) is 1. The Labute approximate surface area is 99.9 Å². The third-order valence-corrected chi connectivity index (χ3v) is 2.99. The van der Waals surface area contributed by atoms with Gasteiger partial charge in [0, 0.05) is 5.39 Å². The van der Waals surface area contributed by atoms with Crippen molar-refractivity contribution < 1.29 is 5.11 Å². The highest BCUT2D eigenvalue weighted by Crippen LogP contribution is 2.26. The van der Waals surface area contributed by atoms with Crippen LogP contribution in [0.15, 0.2) is 48.6 Å². The first kappa shape index (κ1) is 10.1. The van der Waals surface area contributed by atoms with Crippen LogP contribution in [0.1, 0.15) is 18.5 Å². The summed E-state index contributed by atoms with van der Waals surface area (Å²) in [5.41, 5.74) is 2.74. The summed E-state index contributed by atoms with van der Waals surface area (Å²) in [4.78, 5) is 4.53. The van der Waals surface area contributed by atoms with E-state index in [0.717, 1.165) is 29.5 Å². The molecule has 1 heterocycles. The third-order valence-electron chi connectivity index (χ3n) is 2.99. The lowest BCUT2D eigenvalue weighted by Gasteiger charge is -2.08.